The van der Waals surface area contributed by atoms with Crippen molar-refractivity contribution in [3.05, 3.63) is 64.5 Å². The molecule has 0 aliphatic carbocycles. The van der Waals surface area contributed by atoms with Crippen LogP contribution in [0.15, 0.2) is 52.5 Å². The van der Waals surface area contributed by atoms with Gasteiger partial charge in [0.05, 0.1) is 24.9 Å². The number of aromatic nitrogens is 1. The monoisotopic (exact) mass is 347 g/mol. The summed E-state index contributed by atoms with van der Waals surface area (Å²) in [4.78, 5) is 16.3. The van der Waals surface area contributed by atoms with E-state index in [1.165, 1.54) is 11.3 Å². The number of carbonyl (C=O) groups is 1. The molecule has 0 unspecified atom stereocenters. The predicted octanol–water partition coefficient (Wildman–Crippen LogP) is 3.99. The highest BCUT2D eigenvalue weighted by Gasteiger charge is 2.08. The minimum Gasteiger partial charge on any atom is -0.467 e. The molecule has 2 heterocycles. The van der Waals surface area contributed by atoms with E-state index in [1.807, 2.05) is 35.7 Å². The lowest BCUT2D eigenvalue weighted by Crippen LogP contribution is -2.24. The molecule has 1 aromatic carbocycles. The maximum Gasteiger partial charge on any atom is 0.226 e. The molecule has 7 heteroatoms. The molecule has 0 fully saturated rings. The van der Waals surface area contributed by atoms with Gasteiger partial charge in [0.2, 0.25) is 5.91 Å². The van der Waals surface area contributed by atoms with Gasteiger partial charge in [0.25, 0.3) is 0 Å². The fourth-order valence-corrected chi connectivity index (χ4v) is 2.88. The van der Waals surface area contributed by atoms with Crippen LogP contribution in [0.1, 0.15) is 11.5 Å². The number of anilines is 2. The predicted molar refractivity (Wildman–Crippen MR) is 91.1 cm³/mol. The van der Waals surface area contributed by atoms with Gasteiger partial charge in [-0.25, -0.2) is 4.98 Å². The molecule has 5 nitrogen and oxygen atoms in total. The van der Waals surface area contributed by atoms with Crippen molar-refractivity contribution in [1.29, 1.82) is 0 Å². The summed E-state index contributed by atoms with van der Waals surface area (Å²) in [5.41, 5.74) is 1.58. The van der Waals surface area contributed by atoms with Gasteiger partial charge in [-0.15, -0.1) is 11.3 Å². The molecular formula is C16H14ClN3O2S. The van der Waals surface area contributed by atoms with Gasteiger partial charge >= 0.3 is 0 Å². The van der Waals surface area contributed by atoms with E-state index in [9.17, 15) is 4.79 Å². The van der Waals surface area contributed by atoms with Crippen LogP contribution in [-0.2, 0) is 17.8 Å². The summed E-state index contributed by atoms with van der Waals surface area (Å²) < 4.78 is 5.17. The largest absolute Gasteiger partial charge is 0.467 e. The minimum absolute atomic E-state index is 0.0963. The van der Waals surface area contributed by atoms with Crippen molar-refractivity contribution in [3.8, 4) is 0 Å². The van der Waals surface area contributed by atoms with Crippen LogP contribution in [0.3, 0.4) is 0 Å². The third-order valence-electron chi connectivity index (χ3n) is 3.01. The molecular weight excluding hydrogens is 334 g/mol. The Kier molecular flexibility index (Phi) is 4.95. The van der Waals surface area contributed by atoms with Crippen LogP contribution >= 0.6 is 22.9 Å². The molecule has 0 aliphatic heterocycles. The normalized spacial score (nSPS) is 10.5. The second-order valence-electron chi connectivity index (χ2n) is 4.81. The molecule has 2 aromatic heterocycles. The highest BCUT2D eigenvalue weighted by atomic mass is 35.5. The van der Waals surface area contributed by atoms with Crippen LogP contribution in [0.25, 0.3) is 0 Å². The van der Waals surface area contributed by atoms with Crippen molar-refractivity contribution in [2.45, 2.75) is 13.0 Å². The molecule has 0 bridgehead atoms. The first kappa shape index (κ1) is 15.6. The van der Waals surface area contributed by atoms with Crippen LogP contribution in [-0.4, -0.2) is 10.9 Å². The SMILES string of the molecule is O=C(Cc1csc(Nc2cccc(Cl)c2)n1)NCc1ccco1. The number of furan rings is 1. The lowest BCUT2D eigenvalue weighted by molar-refractivity contribution is -0.120. The van der Waals surface area contributed by atoms with Crippen molar-refractivity contribution in [3.63, 3.8) is 0 Å². The molecule has 3 aromatic rings. The third-order valence-corrected chi connectivity index (χ3v) is 4.05. The molecule has 0 aliphatic rings. The van der Waals surface area contributed by atoms with E-state index >= 15 is 0 Å². The highest BCUT2D eigenvalue weighted by molar-refractivity contribution is 7.13. The van der Waals surface area contributed by atoms with E-state index in [2.05, 4.69) is 15.6 Å². The van der Waals surface area contributed by atoms with Crippen molar-refractivity contribution >= 4 is 39.7 Å². The average Bonchev–Trinajstić information content (AvgIpc) is 3.17. The van der Waals surface area contributed by atoms with Crippen LogP contribution in [0, 0.1) is 0 Å². The summed E-state index contributed by atoms with van der Waals surface area (Å²) in [7, 11) is 0. The Morgan fingerprint density at radius 2 is 2.22 bits per heavy atom. The van der Waals surface area contributed by atoms with Gasteiger partial charge in [0.15, 0.2) is 5.13 Å². The number of nitrogens with zero attached hydrogens (tertiary/aromatic N) is 1. The fourth-order valence-electron chi connectivity index (χ4n) is 1.96. The second-order valence-corrected chi connectivity index (χ2v) is 6.11. The zero-order chi connectivity index (χ0) is 16.1. The lowest BCUT2D eigenvalue weighted by atomic mass is 10.3. The van der Waals surface area contributed by atoms with Crippen LogP contribution in [0.5, 0.6) is 0 Å². The summed E-state index contributed by atoms with van der Waals surface area (Å²) in [5.74, 6) is 0.626. The standard InChI is InChI=1S/C16H14ClN3O2S/c17-11-3-1-4-12(7-11)19-16-20-13(10-23-16)8-15(21)18-9-14-5-2-6-22-14/h1-7,10H,8-9H2,(H,18,21)(H,19,20). The molecule has 0 spiro atoms. The molecule has 0 atom stereocenters. The zero-order valence-electron chi connectivity index (χ0n) is 12.1. The Labute approximate surface area is 142 Å². The summed E-state index contributed by atoms with van der Waals surface area (Å²) in [6.07, 6.45) is 1.81. The maximum absolute atomic E-state index is 11.9. The van der Waals surface area contributed by atoms with Gasteiger partial charge in [0.1, 0.15) is 5.76 Å². The van der Waals surface area contributed by atoms with Crippen LogP contribution in [0.2, 0.25) is 5.02 Å². The van der Waals surface area contributed by atoms with Gasteiger partial charge in [-0.2, -0.15) is 0 Å². The van der Waals surface area contributed by atoms with Crippen molar-refractivity contribution in [1.82, 2.24) is 10.3 Å². The summed E-state index contributed by atoms with van der Waals surface area (Å²) >= 11 is 7.39. The van der Waals surface area contributed by atoms with Gasteiger partial charge < -0.3 is 15.1 Å². The molecule has 0 saturated heterocycles. The summed E-state index contributed by atoms with van der Waals surface area (Å²) in [6, 6.07) is 11.0. The number of halogens is 1. The Morgan fingerprint density at radius 1 is 1.30 bits per heavy atom. The second kappa shape index (κ2) is 7.30. The van der Waals surface area contributed by atoms with Crippen molar-refractivity contribution in [2.24, 2.45) is 0 Å². The van der Waals surface area contributed by atoms with Gasteiger partial charge in [-0.1, -0.05) is 17.7 Å². The minimum atomic E-state index is -0.0963. The smallest absolute Gasteiger partial charge is 0.226 e. The van der Waals surface area contributed by atoms with Gasteiger partial charge in [-0.3, -0.25) is 4.79 Å². The van der Waals surface area contributed by atoms with Crippen molar-refractivity contribution in [2.75, 3.05) is 5.32 Å². The number of hydrogen-bond acceptors (Lipinski definition) is 5. The molecule has 23 heavy (non-hydrogen) atoms. The molecule has 0 radical (unpaired) electrons. The van der Waals surface area contributed by atoms with E-state index in [0.717, 1.165) is 22.3 Å². The average molecular weight is 348 g/mol. The van der Waals surface area contributed by atoms with Crippen molar-refractivity contribution < 1.29 is 9.21 Å². The zero-order valence-corrected chi connectivity index (χ0v) is 13.7. The van der Waals surface area contributed by atoms with Gasteiger partial charge in [-0.05, 0) is 30.3 Å². The molecule has 1 amide bonds. The molecule has 118 valence electrons. The quantitative estimate of drug-likeness (QED) is 0.707. The Morgan fingerprint density at radius 3 is 3.00 bits per heavy atom. The number of nitrogens with one attached hydrogen (secondary N) is 2. The fraction of sp³-hybridized carbons (Fsp3) is 0.125. The van der Waals surface area contributed by atoms with E-state index in [-0.39, 0.29) is 12.3 Å². The summed E-state index contributed by atoms with van der Waals surface area (Å²) in [5, 5.41) is 9.20. The van der Waals surface area contributed by atoms with E-state index in [1.54, 1.807) is 12.3 Å². The van der Waals surface area contributed by atoms with E-state index in [0.29, 0.717) is 11.6 Å². The maximum atomic E-state index is 11.9. The molecule has 0 saturated carbocycles. The summed E-state index contributed by atoms with van der Waals surface area (Å²) in [6.45, 7) is 0.379. The molecule has 3 rings (SSSR count). The topological polar surface area (TPSA) is 67.2 Å². The first-order chi connectivity index (χ1) is 11.2. The number of benzene rings is 1. The Bertz CT molecular complexity index is 786. The highest BCUT2D eigenvalue weighted by Crippen LogP contribution is 2.23. The van der Waals surface area contributed by atoms with Gasteiger partial charge in [0, 0.05) is 16.1 Å². The molecule has 2 N–H and O–H groups in total. The third kappa shape index (κ3) is 4.58. The number of carbonyl (C=O) groups excluding carboxylic acids is 1. The van der Waals surface area contributed by atoms with Crippen LogP contribution in [0.4, 0.5) is 10.8 Å². The first-order valence-corrected chi connectivity index (χ1v) is 8.21. The Hall–Kier alpha value is -2.31. The number of amides is 1. The number of rotatable bonds is 6. The lowest BCUT2D eigenvalue weighted by Gasteiger charge is -2.03. The van der Waals surface area contributed by atoms with E-state index < -0.39 is 0 Å². The number of hydrogen-bond donors (Lipinski definition) is 2. The number of thiazole rings is 1. The van der Waals surface area contributed by atoms with Crippen LogP contribution < -0.4 is 10.6 Å². The van der Waals surface area contributed by atoms with E-state index in [4.69, 9.17) is 16.0 Å². The Balaban J connectivity index is 1.53. The first-order valence-electron chi connectivity index (χ1n) is 6.95.